The van der Waals surface area contributed by atoms with Gasteiger partial charge in [-0.1, -0.05) is 18.2 Å². The summed E-state index contributed by atoms with van der Waals surface area (Å²) in [5.41, 5.74) is 1.46. The van der Waals surface area contributed by atoms with Crippen LogP contribution in [0, 0.1) is 6.92 Å². The first-order valence-electron chi connectivity index (χ1n) is 7.21. The molecule has 126 valence electrons. The quantitative estimate of drug-likeness (QED) is 0.878. The van der Waals surface area contributed by atoms with Crippen LogP contribution in [0.25, 0.3) is 0 Å². The molecule has 1 N–H and O–H groups in total. The van der Waals surface area contributed by atoms with Crippen molar-refractivity contribution in [3.05, 3.63) is 47.2 Å². The minimum Gasteiger partial charge on any atom is -0.309 e. The molecule has 0 radical (unpaired) electrons. The fourth-order valence-corrected chi connectivity index (χ4v) is 4.07. The van der Waals surface area contributed by atoms with Gasteiger partial charge in [0.05, 0.1) is 11.4 Å². The molecule has 0 bridgehead atoms. The number of aryl methyl sites for hydroxylation is 2. The SMILES string of the molecule is Cc1cc(NC(=O)CN2C(=O)c3ccccc3CS2(=O)=O)n(C)n1. The molecule has 9 heteroatoms. The van der Waals surface area contributed by atoms with E-state index < -0.39 is 28.4 Å². The Morgan fingerprint density at radius 2 is 2.04 bits per heavy atom. The van der Waals surface area contributed by atoms with Gasteiger partial charge in [-0.05, 0) is 18.6 Å². The second kappa shape index (κ2) is 5.75. The molecule has 2 amide bonds. The number of carbonyl (C=O) groups excluding carboxylic acids is 2. The van der Waals surface area contributed by atoms with Gasteiger partial charge in [0.15, 0.2) is 0 Å². The molecule has 3 rings (SSSR count). The van der Waals surface area contributed by atoms with Gasteiger partial charge >= 0.3 is 0 Å². The molecule has 0 spiro atoms. The smallest absolute Gasteiger partial charge is 0.268 e. The molecule has 0 saturated heterocycles. The van der Waals surface area contributed by atoms with Crippen molar-refractivity contribution < 1.29 is 18.0 Å². The van der Waals surface area contributed by atoms with Crippen LogP contribution in [-0.2, 0) is 27.6 Å². The van der Waals surface area contributed by atoms with Crippen LogP contribution in [0.2, 0.25) is 0 Å². The van der Waals surface area contributed by atoms with E-state index in [-0.39, 0.29) is 5.75 Å². The van der Waals surface area contributed by atoms with Gasteiger partial charge in [-0.3, -0.25) is 14.3 Å². The van der Waals surface area contributed by atoms with E-state index in [4.69, 9.17) is 0 Å². The van der Waals surface area contributed by atoms with E-state index in [0.29, 0.717) is 26.9 Å². The number of hydrogen-bond acceptors (Lipinski definition) is 5. The number of hydrogen-bond donors (Lipinski definition) is 1. The van der Waals surface area contributed by atoms with Crippen molar-refractivity contribution in [3.8, 4) is 0 Å². The standard InChI is InChI=1S/C15H16N4O4S/c1-10-7-13(18(2)17-10)16-14(20)8-19-15(21)12-6-4-3-5-11(12)9-24(19,22)23/h3-7H,8-9H2,1-2H3,(H,16,20). The molecule has 0 unspecified atom stereocenters. The first-order chi connectivity index (χ1) is 11.3. The van der Waals surface area contributed by atoms with Crippen molar-refractivity contribution in [3.63, 3.8) is 0 Å². The van der Waals surface area contributed by atoms with Crippen LogP contribution in [0.1, 0.15) is 21.6 Å². The second-order valence-electron chi connectivity index (χ2n) is 5.57. The van der Waals surface area contributed by atoms with Gasteiger partial charge in [0, 0.05) is 18.7 Å². The lowest BCUT2D eigenvalue weighted by molar-refractivity contribution is -0.116. The van der Waals surface area contributed by atoms with E-state index in [1.807, 2.05) is 0 Å². The minimum atomic E-state index is -3.88. The van der Waals surface area contributed by atoms with E-state index in [9.17, 15) is 18.0 Å². The zero-order chi connectivity index (χ0) is 17.5. The predicted molar refractivity (Wildman–Crippen MR) is 86.7 cm³/mol. The first kappa shape index (κ1) is 16.2. The number of amides is 2. The number of sulfonamides is 1. The summed E-state index contributed by atoms with van der Waals surface area (Å²) in [5.74, 6) is -1.16. The van der Waals surface area contributed by atoms with Gasteiger partial charge in [0.1, 0.15) is 12.4 Å². The van der Waals surface area contributed by atoms with E-state index >= 15 is 0 Å². The molecule has 1 aromatic heterocycles. The molecule has 1 aliphatic rings. The Morgan fingerprint density at radius 1 is 1.33 bits per heavy atom. The third-order valence-electron chi connectivity index (χ3n) is 3.70. The Morgan fingerprint density at radius 3 is 2.71 bits per heavy atom. The van der Waals surface area contributed by atoms with E-state index in [0.717, 1.165) is 0 Å². The fourth-order valence-electron chi connectivity index (χ4n) is 2.60. The summed E-state index contributed by atoms with van der Waals surface area (Å²) in [7, 11) is -2.22. The Kier molecular flexibility index (Phi) is 3.88. The van der Waals surface area contributed by atoms with Gasteiger partial charge in [0.2, 0.25) is 15.9 Å². The molecule has 24 heavy (non-hydrogen) atoms. The summed E-state index contributed by atoms with van der Waals surface area (Å²) in [6, 6.07) is 8.14. The second-order valence-corrected chi connectivity index (χ2v) is 7.46. The summed E-state index contributed by atoms with van der Waals surface area (Å²) in [4.78, 5) is 24.6. The zero-order valence-electron chi connectivity index (χ0n) is 13.2. The van der Waals surface area contributed by atoms with Gasteiger partial charge < -0.3 is 5.32 Å². The molecule has 1 aromatic carbocycles. The number of nitrogens with zero attached hydrogens (tertiary/aromatic N) is 3. The molecular weight excluding hydrogens is 332 g/mol. The van der Waals surface area contributed by atoms with E-state index in [1.54, 1.807) is 44.3 Å². The third kappa shape index (κ3) is 2.90. The Balaban J connectivity index is 1.82. The van der Waals surface area contributed by atoms with Crippen LogP contribution in [0.3, 0.4) is 0 Å². The molecule has 8 nitrogen and oxygen atoms in total. The molecule has 0 atom stereocenters. The number of anilines is 1. The third-order valence-corrected chi connectivity index (χ3v) is 5.35. The lowest BCUT2D eigenvalue weighted by Gasteiger charge is -2.27. The normalized spacial score (nSPS) is 15.9. The number of nitrogens with one attached hydrogen (secondary N) is 1. The maximum Gasteiger partial charge on any atom is 0.268 e. The molecule has 1 aliphatic heterocycles. The Labute approximate surface area is 139 Å². The maximum atomic E-state index is 12.4. The fraction of sp³-hybridized carbons (Fsp3) is 0.267. The summed E-state index contributed by atoms with van der Waals surface area (Å²) < 4.78 is 26.7. The number of rotatable bonds is 3. The van der Waals surface area contributed by atoms with Crippen LogP contribution in [-0.4, -0.2) is 40.9 Å². The highest BCUT2D eigenvalue weighted by molar-refractivity contribution is 7.89. The average Bonchev–Trinajstić information content (AvgIpc) is 2.81. The highest BCUT2D eigenvalue weighted by Crippen LogP contribution is 2.24. The van der Waals surface area contributed by atoms with Gasteiger partial charge in [0.25, 0.3) is 5.91 Å². The summed E-state index contributed by atoms with van der Waals surface area (Å²) in [6.45, 7) is 1.20. The summed E-state index contributed by atoms with van der Waals surface area (Å²) in [5, 5.41) is 6.65. The van der Waals surface area contributed by atoms with Crippen LogP contribution < -0.4 is 5.32 Å². The van der Waals surface area contributed by atoms with Gasteiger partial charge in [-0.2, -0.15) is 5.10 Å². The molecule has 0 saturated carbocycles. The van der Waals surface area contributed by atoms with Crippen molar-refractivity contribution in [2.24, 2.45) is 7.05 Å². The molecule has 0 aliphatic carbocycles. The summed E-state index contributed by atoms with van der Waals surface area (Å²) in [6.07, 6.45) is 0. The number of benzene rings is 1. The van der Waals surface area contributed by atoms with Crippen LogP contribution >= 0.6 is 0 Å². The van der Waals surface area contributed by atoms with E-state index in [2.05, 4.69) is 10.4 Å². The number of carbonyl (C=O) groups is 2. The van der Waals surface area contributed by atoms with Crippen molar-refractivity contribution in [2.45, 2.75) is 12.7 Å². The van der Waals surface area contributed by atoms with Crippen molar-refractivity contribution in [1.82, 2.24) is 14.1 Å². The van der Waals surface area contributed by atoms with Crippen LogP contribution in [0.15, 0.2) is 30.3 Å². The highest BCUT2D eigenvalue weighted by atomic mass is 32.2. The maximum absolute atomic E-state index is 12.4. The van der Waals surface area contributed by atoms with Gasteiger partial charge in [-0.15, -0.1) is 0 Å². The zero-order valence-corrected chi connectivity index (χ0v) is 14.0. The monoisotopic (exact) mass is 348 g/mol. The number of aromatic nitrogens is 2. The topological polar surface area (TPSA) is 101 Å². The summed E-state index contributed by atoms with van der Waals surface area (Å²) >= 11 is 0. The Bertz CT molecular complexity index is 933. The average molecular weight is 348 g/mol. The Hall–Kier alpha value is -2.68. The largest absolute Gasteiger partial charge is 0.309 e. The van der Waals surface area contributed by atoms with Crippen molar-refractivity contribution >= 4 is 27.7 Å². The van der Waals surface area contributed by atoms with Crippen LogP contribution in [0.5, 0.6) is 0 Å². The minimum absolute atomic E-state index is 0.299. The van der Waals surface area contributed by atoms with Crippen molar-refractivity contribution in [2.75, 3.05) is 11.9 Å². The molecule has 2 heterocycles. The lowest BCUT2D eigenvalue weighted by Crippen LogP contribution is -2.46. The van der Waals surface area contributed by atoms with Crippen molar-refractivity contribution in [1.29, 1.82) is 0 Å². The van der Waals surface area contributed by atoms with Crippen LogP contribution in [0.4, 0.5) is 5.82 Å². The van der Waals surface area contributed by atoms with E-state index in [1.165, 1.54) is 4.68 Å². The highest BCUT2D eigenvalue weighted by Gasteiger charge is 2.36. The molecular formula is C15H16N4O4S. The molecule has 0 fully saturated rings. The molecule has 2 aromatic rings. The number of fused-ring (bicyclic) bond motifs is 1. The first-order valence-corrected chi connectivity index (χ1v) is 8.82. The predicted octanol–water partition coefficient (Wildman–Crippen LogP) is 0.653. The lowest BCUT2D eigenvalue weighted by atomic mass is 10.1. The van der Waals surface area contributed by atoms with Gasteiger partial charge in [-0.25, -0.2) is 12.7 Å².